The van der Waals surface area contributed by atoms with Crippen LogP contribution in [0.2, 0.25) is 0 Å². The van der Waals surface area contributed by atoms with Gasteiger partial charge in [0.05, 0.1) is 7.11 Å². The highest BCUT2D eigenvalue weighted by molar-refractivity contribution is 5.88. The summed E-state index contributed by atoms with van der Waals surface area (Å²) in [7, 11) is 1.35. The normalized spacial score (nSPS) is 16.2. The van der Waals surface area contributed by atoms with E-state index in [1.807, 2.05) is 30.3 Å². The number of methoxy groups -OCH3 is 1. The molecule has 0 bridgehead atoms. The van der Waals surface area contributed by atoms with E-state index in [-0.39, 0.29) is 6.04 Å². The molecule has 1 unspecified atom stereocenters. The smallest absolute Gasteiger partial charge is 0.384 e. The Labute approximate surface area is 130 Å². The van der Waals surface area contributed by atoms with E-state index in [9.17, 15) is 4.79 Å². The monoisotopic (exact) mass is 291 g/mol. The zero-order valence-corrected chi connectivity index (χ0v) is 12.5. The number of nitrogens with zero attached hydrogens (tertiary/aromatic N) is 1. The molecular weight excluding hydrogens is 274 g/mol. The van der Waals surface area contributed by atoms with E-state index >= 15 is 0 Å². The number of carbonyl (C=O) groups excluding carboxylic acids is 1. The van der Waals surface area contributed by atoms with Gasteiger partial charge >= 0.3 is 5.97 Å². The van der Waals surface area contributed by atoms with Crippen LogP contribution in [0.1, 0.15) is 17.2 Å². The summed E-state index contributed by atoms with van der Waals surface area (Å²) in [6, 6.07) is 18.3. The van der Waals surface area contributed by atoms with Crippen LogP contribution in [0.25, 0.3) is 0 Å². The summed E-state index contributed by atoms with van der Waals surface area (Å²) >= 11 is 0. The van der Waals surface area contributed by atoms with Crippen LogP contribution in [0.3, 0.4) is 0 Å². The second kappa shape index (κ2) is 6.36. The Morgan fingerprint density at radius 3 is 2.64 bits per heavy atom. The predicted molar refractivity (Wildman–Crippen MR) is 86.5 cm³/mol. The Morgan fingerprint density at radius 2 is 1.86 bits per heavy atom. The van der Waals surface area contributed by atoms with Gasteiger partial charge in [-0.25, -0.2) is 4.79 Å². The largest absolute Gasteiger partial charge is 0.459 e. The van der Waals surface area contributed by atoms with E-state index in [0.717, 1.165) is 24.2 Å². The highest BCUT2D eigenvalue weighted by Crippen LogP contribution is 2.33. The van der Waals surface area contributed by atoms with Gasteiger partial charge < -0.3 is 9.64 Å². The maximum atomic E-state index is 11.4. The van der Waals surface area contributed by atoms with Crippen LogP contribution < -0.4 is 4.90 Å². The molecule has 0 N–H and O–H groups in total. The average Bonchev–Trinajstić information content (AvgIpc) is 2.60. The maximum absolute atomic E-state index is 11.4. The van der Waals surface area contributed by atoms with Crippen LogP contribution in [0.15, 0.2) is 54.6 Å². The van der Waals surface area contributed by atoms with Crippen LogP contribution >= 0.6 is 0 Å². The predicted octanol–water partition coefficient (Wildman–Crippen LogP) is 2.97. The van der Waals surface area contributed by atoms with Crippen molar-refractivity contribution in [2.45, 2.75) is 12.5 Å². The van der Waals surface area contributed by atoms with Crippen LogP contribution in [-0.4, -0.2) is 19.6 Å². The molecule has 1 heterocycles. The molecule has 0 aromatic heterocycles. The molecule has 1 aliphatic rings. The van der Waals surface area contributed by atoms with E-state index in [2.05, 4.69) is 45.7 Å². The van der Waals surface area contributed by atoms with Crippen molar-refractivity contribution in [2.75, 3.05) is 18.6 Å². The van der Waals surface area contributed by atoms with Crippen molar-refractivity contribution in [2.24, 2.45) is 0 Å². The van der Waals surface area contributed by atoms with Crippen molar-refractivity contribution in [1.29, 1.82) is 0 Å². The molecule has 2 aromatic rings. The second-order valence-corrected chi connectivity index (χ2v) is 5.14. The molecule has 0 saturated heterocycles. The number of hydrogen-bond donors (Lipinski definition) is 0. The van der Waals surface area contributed by atoms with Gasteiger partial charge in [0.25, 0.3) is 0 Å². The first kappa shape index (κ1) is 14.2. The Balaban J connectivity index is 2.03. The number of hydrogen-bond acceptors (Lipinski definition) is 3. The van der Waals surface area contributed by atoms with Gasteiger partial charge in [0.2, 0.25) is 0 Å². The quantitative estimate of drug-likeness (QED) is 0.459. The van der Waals surface area contributed by atoms with Gasteiger partial charge in [-0.2, -0.15) is 0 Å². The van der Waals surface area contributed by atoms with Crippen molar-refractivity contribution in [3.63, 3.8) is 0 Å². The molecule has 22 heavy (non-hydrogen) atoms. The molecule has 0 spiro atoms. The third-order valence-corrected chi connectivity index (χ3v) is 3.87. The minimum atomic E-state index is -0.504. The van der Waals surface area contributed by atoms with Crippen molar-refractivity contribution in [3.05, 3.63) is 65.7 Å². The molecule has 0 radical (unpaired) electrons. The average molecular weight is 291 g/mol. The zero-order valence-electron chi connectivity index (χ0n) is 12.5. The lowest BCUT2D eigenvalue weighted by molar-refractivity contribution is -0.133. The molecule has 3 rings (SSSR count). The number of benzene rings is 2. The molecule has 110 valence electrons. The molecule has 0 aliphatic carbocycles. The molecular formula is C19H17NO2. The fourth-order valence-corrected chi connectivity index (χ4v) is 2.80. The topological polar surface area (TPSA) is 29.5 Å². The number of ether oxygens (including phenoxy) is 1. The molecule has 0 saturated carbocycles. The van der Waals surface area contributed by atoms with Gasteiger partial charge in [-0.1, -0.05) is 48.4 Å². The van der Waals surface area contributed by atoms with Crippen molar-refractivity contribution < 1.29 is 9.53 Å². The molecule has 1 aliphatic heterocycles. The van der Waals surface area contributed by atoms with E-state index in [0.29, 0.717) is 0 Å². The summed E-state index contributed by atoms with van der Waals surface area (Å²) in [6.07, 6.45) is 0.974. The van der Waals surface area contributed by atoms with E-state index in [1.165, 1.54) is 12.7 Å². The van der Waals surface area contributed by atoms with E-state index in [4.69, 9.17) is 0 Å². The van der Waals surface area contributed by atoms with E-state index < -0.39 is 5.97 Å². The van der Waals surface area contributed by atoms with Crippen LogP contribution in [0.4, 0.5) is 5.69 Å². The summed E-state index contributed by atoms with van der Waals surface area (Å²) < 4.78 is 4.64. The minimum absolute atomic E-state index is 0.133. The third-order valence-electron chi connectivity index (χ3n) is 3.87. The number of anilines is 1. The number of carbonyl (C=O) groups is 1. The molecule has 0 fully saturated rings. The summed E-state index contributed by atoms with van der Waals surface area (Å²) in [6.45, 7) is 0.877. The molecule has 0 amide bonds. The fourth-order valence-electron chi connectivity index (χ4n) is 2.80. The molecule has 3 nitrogen and oxygen atoms in total. The summed E-state index contributed by atoms with van der Waals surface area (Å²) in [5.74, 6) is 5.16. The second-order valence-electron chi connectivity index (χ2n) is 5.14. The summed E-state index contributed by atoms with van der Waals surface area (Å²) in [5, 5.41) is 0. The highest BCUT2D eigenvalue weighted by Gasteiger charge is 2.25. The van der Waals surface area contributed by atoms with Crippen molar-refractivity contribution in [1.82, 2.24) is 0 Å². The fraction of sp³-hybridized carbons (Fsp3) is 0.211. The van der Waals surface area contributed by atoms with Crippen molar-refractivity contribution >= 4 is 11.7 Å². The Kier molecular flexibility index (Phi) is 4.11. The first-order chi connectivity index (χ1) is 10.8. The number of para-hydroxylation sites is 1. The first-order valence-electron chi connectivity index (χ1n) is 7.28. The summed E-state index contributed by atoms with van der Waals surface area (Å²) in [4.78, 5) is 13.6. The van der Waals surface area contributed by atoms with Gasteiger partial charge in [-0.15, -0.1) is 0 Å². The lowest BCUT2D eigenvalue weighted by atomic mass is 9.92. The Hall–Kier alpha value is -2.73. The standard InChI is InChI=1S/C19H17NO2/c1-22-19(21)12-11-18-17-10-6-5-7-15(17)13-14-20(18)16-8-3-2-4-9-16/h2-10,18H,13-14H2,1H3. The van der Waals surface area contributed by atoms with Crippen LogP contribution in [-0.2, 0) is 16.0 Å². The Morgan fingerprint density at radius 1 is 1.14 bits per heavy atom. The maximum Gasteiger partial charge on any atom is 0.384 e. The lowest BCUT2D eigenvalue weighted by Crippen LogP contribution is -2.34. The van der Waals surface area contributed by atoms with Gasteiger partial charge in [-0.3, -0.25) is 0 Å². The molecule has 3 heteroatoms. The first-order valence-corrected chi connectivity index (χ1v) is 7.28. The number of fused-ring (bicyclic) bond motifs is 1. The Bertz CT molecular complexity index is 728. The minimum Gasteiger partial charge on any atom is -0.459 e. The number of esters is 1. The van der Waals surface area contributed by atoms with Gasteiger partial charge in [0, 0.05) is 18.2 Å². The van der Waals surface area contributed by atoms with Gasteiger partial charge in [0.15, 0.2) is 0 Å². The number of rotatable bonds is 1. The van der Waals surface area contributed by atoms with E-state index in [1.54, 1.807) is 0 Å². The summed E-state index contributed by atoms with van der Waals surface area (Å²) in [5.41, 5.74) is 3.56. The molecule has 2 aromatic carbocycles. The zero-order chi connectivity index (χ0) is 15.4. The highest BCUT2D eigenvalue weighted by atomic mass is 16.5. The van der Waals surface area contributed by atoms with Crippen LogP contribution in [0, 0.1) is 11.8 Å². The van der Waals surface area contributed by atoms with Crippen LogP contribution in [0.5, 0.6) is 0 Å². The van der Waals surface area contributed by atoms with Gasteiger partial charge in [0.1, 0.15) is 6.04 Å². The SMILES string of the molecule is COC(=O)C#CC1c2ccccc2CCN1c1ccccc1. The van der Waals surface area contributed by atoms with Gasteiger partial charge in [-0.05, 0) is 29.7 Å². The lowest BCUT2D eigenvalue weighted by Gasteiger charge is -2.36. The van der Waals surface area contributed by atoms with Crippen molar-refractivity contribution in [3.8, 4) is 11.8 Å². The molecule has 1 atom stereocenters. The third kappa shape index (κ3) is 2.82.